The number of hydrogen-bond acceptors (Lipinski definition) is 3. The van der Waals surface area contributed by atoms with Gasteiger partial charge in [0.15, 0.2) is 0 Å². The second kappa shape index (κ2) is 10.2. The molecule has 1 heterocycles. The third-order valence-corrected chi connectivity index (χ3v) is 3.81. The first-order valence-corrected chi connectivity index (χ1v) is 7.86. The second-order valence-corrected chi connectivity index (χ2v) is 5.42. The van der Waals surface area contributed by atoms with Crippen LogP contribution in [0.15, 0.2) is 0 Å². The number of nitrogens with zero attached hydrogens (tertiary/aromatic N) is 1. The molecule has 1 unspecified atom stereocenters. The molecule has 0 radical (unpaired) electrons. The minimum absolute atomic E-state index is 0.0887. The summed E-state index contributed by atoms with van der Waals surface area (Å²) in [6.45, 7) is 4.69. The Labute approximate surface area is 117 Å². The number of carbonyl (C=O) groups excluding carboxylic acids is 1. The van der Waals surface area contributed by atoms with E-state index in [2.05, 4.69) is 6.92 Å². The van der Waals surface area contributed by atoms with Crippen LogP contribution in [0.1, 0.15) is 58.3 Å². The quantitative estimate of drug-likeness (QED) is 0.654. The standard InChI is InChI=1S/C15H30N2O2/c1-2-3-4-5-6-7-8-9-15(18)17-10-11-19-13-14(17)12-16/h14H,2-13,16H2,1H3. The molecule has 4 nitrogen and oxygen atoms in total. The van der Waals surface area contributed by atoms with Crippen LogP contribution in [-0.4, -0.2) is 43.2 Å². The van der Waals surface area contributed by atoms with E-state index in [0.717, 1.165) is 6.42 Å². The lowest BCUT2D eigenvalue weighted by molar-refractivity contribution is -0.139. The lowest BCUT2D eigenvalue weighted by Crippen LogP contribution is -2.51. The number of amides is 1. The Kier molecular flexibility index (Phi) is 8.84. The van der Waals surface area contributed by atoms with Crippen molar-refractivity contribution in [2.24, 2.45) is 5.73 Å². The van der Waals surface area contributed by atoms with E-state index < -0.39 is 0 Å². The van der Waals surface area contributed by atoms with Crippen molar-refractivity contribution in [2.75, 3.05) is 26.3 Å². The van der Waals surface area contributed by atoms with Crippen LogP contribution in [0.4, 0.5) is 0 Å². The molecule has 1 aliphatic heterocycles. The van der Waals surface area contributed by atoms with Gasteiger partial charge in [-0.1, -0.05) is 45.4 Å². The van der Waals surface area contributed by atoms with E-state index in [1.165, 1.54) is 38.5 Å². The molecule has 112 valence electrons. The van der Waals surface area contributed by atoms with Crippen LogP contribution < -0.4 is 5.73 Å². The predicted molar refractivity (Wildman–Crippen MR) is 78.0 cm³/mol. The third kappa shape index (κ3) is 6.39. The molecule has 1 fully saturated rings. The summed E-state index contributed by atoms with van der Waals surface area (Å²) in [6, 6.07) is 0.0887. The van der Waals surface area contributed by atoms with Crippen molar-refractivity contribution in [2.45, 2.75) is 64.3 Å². The molecular weight excluding hydrogens is 240 g/mol. The van der Waals surface area contributed by atoms with Gasteiger partial charge in [-0.2, -0.15) is 0 Å². The van der Waals surface area contributed by atoms with E-state index in [-0.39, 0.29) is 11.9 Å². The average molecular weight is 270 g/mol. The number of nitrogens with two attached hydrogens (primary N) is 1. The van der Waals surface area contributed by atoms with Gasteiger partial charge in [-0.25, -0.2) is 0 Å². The normalized spacial score (nSPS) is 19.7. The van der Waals surface area contributed by atoms with E-state index in [1.54, 1.807) is 0 Å². The topological polar surface area (TPSA) is 55.6 Å². The van der Waals surface area contributed by atoms with Crippen LogP contribution in [-0.2, 0) is 9.53 Å². The van der Waals surface area contributed by atoms with Crippen molar-refractivity contribution in [3.63, 3.8) is 0 Å². The summed E-state index contributed by atoms with van der Waals surface area (Å²) in [5.41, 5.74) is 5.68. The van der Waals surface area contributed by atoms with Gasteiger partial charge in [0.25, 0.3) is 0 Å². The fourth-order valence-corrected chi connectivity index (χ4v) is 2.56. The maximum atomic E-state index is 12.1. The van der Waals surface area contributed by atoms with Crippen molar-refractivity contribution in [3.05, 3.63) is 0 Å². The summed E-state index contributed by atoms with van der Waals surface area (Å²) in [6.07, 6.45) is 9.39. The van der Waals surface area contributed by atoms with Crippen molar-refractivity contribution in [3.8, 4) is 0 Å². The molecule has 4 heteroatoms. The average Bonchev–Trinajstić information content (AvgIpc) is 2.46. The summed E-state index contributed by atoms with van der Waals surface area (Å²) < 4.78 is 5.36. The van der Waals surface area contributed by atoms with Crippen molar-refractivity contribution in [1.29, 1.82) is 0 Å². The van der Waals surface area contributed by atoms with Crippen LogP contribution in [0.3, 0.4) is 0 Å². The fourth-order valence-electron chi connectivity index (χ4n) is 2.56. The Hall–Kier alpha value is -0.610. The minimum Gasteiger partial charge on any atom is -0.377 e. The van der Waals surface area contributed by atoms with E-state index in [0.29, 0.717) is 32.7 Å². The van der Waals surface area contributed by atoms with Crippen LogP contribution in [0, 0.1) is 0 Å². The zero-order chi connectivity index (χ0) is 13.9. The number of hydrogen-bond donors (Lipinski definition) is 1. The first kappa shape index (κ1) is 16.4. The van der Waals surface area contributed by atoms with Crippen molar-refractivity contribution >= 4 is 5.91 Å². The minimum atomic E-state index is 0.0887. The molecule has 2 N–H and O–H groups in total. The molecule has 0 aromatic rings. The van der Waals surface area contributed by atoms with Crippen LogP contribution in [0.5, 0.6) is 0 Å². The molecule has 0 bridgehead atoms. The number of carbonyl (C=O) groups is 1. The maximum absolute atomic E-state index is 12.1. The van der Waals surface area contributed by atoms with E-state index >= 15 is 0 Å². The van der Waals surface area contributed by atoms with Gasteiger partial charge in [0.1, 0.15) is 0 Å². The predicted octanol–water partition coefficient (Wildman–Crippen LogP) is 2.31. The lowest BCUT2D eigenvalue weighted by atomic mass is 10.1. The summed E-state index contributed by atoms with van der Waals surface area (Å²) in [4.78, 5) is 14.0. The molecule has 1 atom stereocenters. The monoisotopic (exact) mass is 270 g/mol. The number of ether oxygens (including phenoxy) is 1. The fraction of sp³-hybridized carbons (Fsp3) is 0.933. The van der Waals surface area contributed by atoms with Gasteiger partial charge in [0, 0.05) is 19.5 Å². The Balaban J connectivity index is 2.09. The first-order valence-electron chi connectivity index (χ1n) is 7.86. The number of rotatable bonds is 9. The molecule has 19 heavy (non-hydrogen) atoms. The SMILES string of the molecule is CCCCCCCCCC(=O)N1CCOCC1CN. The lowest BCUT2D eigenvalue weighted by Gasteiger charge is -2.35. The van der Waals surface area contributed by atoms with Gasteiger partial charge in [-0.3, -0.25) is 4.79 Å². The van der Waals surface area contributed by atoms with Gasteiger partial charge in [0.05, 0.1) is 19.3 Å². The summed E-state index contributed by atoms with van der Waals surface area (Å²) in [7, 11) is 0. The highest BCUT2D eigenvalue weighted by Gasteiger charge is 2.25. The Bertz CT molecular complexity index is 246. The van der Waals surface area contributed by atoms with E-state index in [4.69, 9.17) is 10.5 Å². The largest absolute Gasteiger partial charge is 0.377 e. The molecule has 0 spiro atoms. The highest BCUT2D eigenvalue weighted by atomic mass is 16.5. The molecular formula is C15H30N2O2. The molecule has 1 aliphatic rings. The van der Waals surface area contributed by atoms with Crippen molar-refractivity contribution in [1.82, 2.24) is 4.90 Å². The third-order valence-electron chi connectivity index (χ3n) is 3.81. The Morgan fingerprint density at radius 3 is 2.58 bits per heavy atom. The molecule has 1 rings (SSSR count). The smallest absolute Gasteiger partial charge is 0.223 e. The van der Waals surface area contributed by atoms with Gasteiger partial charge in [0.2, 0.25) is 5.91 Å². The number of unbranched alkanes of at least 4 members (excludes halogenated alkanes) is 6. The Morgan fingerprint density at radius 2 is 1.89 bits per heavy atom. The van der Waals surface area contributed by atoms with Crippen LogP contribution >= 0.6 is 0 Å². The zero-order valence-electron chi connectivity index (χ0n) is 12.4. The van der Waals surface area contributed by atoms with Crippen LogP contribution in [0.25, 0.3) is 0 Å². The van der Waals surface area contributed by atoms with Crippen molar-refractivity contribution < 1.29 is 9.53 Å². The highest BCUT2D eigenvalue weighted by Crippen LogP contribution is 2.12. The summed E-state index contributed by atoms with van der Waals surface area (Å²) >= 11 is 0. The maximum Gasteiger partial charge on any atom is 0.223 e. The molecule has 0 saturated carbocycles. The van der Waals surface area contributed by atoms with Crippen LogP contribution in [0.2, 0.25) is 0 Å². The summed E-state index contributed by atoms with van der Waals surface area (Å²) in [5, 5.41) is 0. The molecule has 0 aromatic heterocycles. The summed E-state index contributed by atoms with van der Waals surface area (Å²) in [5.74, 6) is 0.257. The molecule has 1 amide bonds. The highest BCUT2D eigenvalue weighted by molar-refractivity contribution is 5.76. The van der Waals surface area contributed by atoms with Gasteiger partial charge in [-0.15, -0.1) is 0 Å². The molecule has 1 saturated heterocycles. The van der Waals surface area contributed by atoms with E-state index in [1.807, 2.05) is 4.90 Å². The Morgan fingerprint density at radius 1 is 1.21 bits per heavy atom. The number of morpholine rings is 1. The molecule has 0 aliphatic carbocycles. The van der Waals surface area contributed by atoms with E-state index in [9.17, 15) is 4.79 Å². The second-order valence-electron chi connectivity index (χ2n) is 5.42. The first-order chi connectivity index (χ1) is 9.29. The van der Waals surface area contributed by atoms with Gasteiger partial charge < -0.3 is 15.4 Å². The van der Waals surface area contributed by atoms with Gasteiger partial charge >= 0.3 is 0 Å². The van der Waals surface area contributed by atoms with Gasteiger partial charge in [-0.05, 0) is 6.42 Å². The zero-order valence-corrected chi connectivity index (χ0v) is 12.4. The molecule has 0 aromatic carbocycles.